The van der Waals surface area contributed by atoms with Crippen molar-refractivity contribution in [2.45, 2.75) is 12.8 Å². The summed E-state index contributed by atoms with van der Waals surface area (Å²) in [5.41, 5.74) is 6.02. The minimum Gasteiger partial charge on any atom is -0.481 e. The summed E-state index contributed by atoms with van der Waals surface area (Å²) in [4.78, 5) is 36.4. The second-order valence-electron chi connectivity index (χ2n) is 6.22. The average Bonchev–Trinajstić information content (AvgIpc) is 3.25. The summed E-state index contributed by atoms with van der Waals surface area (Å²) in [6.07, 6.45) is 2.12. The Balaban J connectivity index is 1.70. The number of primary amides is 1. The second kappa shape index (κ2) is 5.91. The number of anilines is 1. The Bertz CT molecular complexity index is 639. The van der Waals surface area contributed by atoms with Gasteiger partial charge >= 0.3 is 12.0 Å². The van der Waals surface area contributed by atoms with Crippen molar-refractivity contribution in [2.24, 2.45) is 23.5 Å². The van der Waals surface area contributed by atoms with Crippen LogP contribution in [0.5, 0.6) is 0 Å². The fourth-order valence-corrected chi connectivity index (χ4v) is 3.28. The third kappa shape index (κ3) is 3.28. The lowest BCUT2D eigenvalue weighted by Gasteiger charge is -2.16. The number of amides is 3. The maximum Gasteiger partial charge on any atom is 0.316 e. The first-order valence-corrected chi connectivity index (χ1v) is 7.64. The first-order chi connectivity index (χ1) is 11.0. The van der Waals surface area contributed by atoms with Crippen LogP contribution < -0.4 is 11.1 Å². The molecule has 3 rings (SSSR count). The van der Waals surface area contributed by atoms with E-state index in [4.69, 9.17) is 5.73 Å². The van der Waals surface area contributed by atoms with Crippen LogP contribution in [-0.2, 0) is 4.79 Å². The minimum atomic E-state index is -0.821. The third-order valence-electron chi connectivity index (χ3n) is 4.60. The molecule has 1 aromatic carbocycles. The van der Waals surface area contributed by atoms with Crippen LogP contribution in [0.1, 0.15) is 23.2 Å². The van der Waals surface area contributed by atoms with Crippen molar-refractivity contribution < 1.29 is 19.5 Å². The molecule has 0 spiro atoms. The van der Waals surface area contributed by atoms with Crippen LogP contribution in [0.25, 0.3) is 0 Å². The van der Waals surface area contributed by atoms with Crippen LogP contribution in [0.15, 0.2) is 24.3 Å². The zero-order valence-electron chi connectivity index (χ0n) is 12.6. The highest BCUT2D eigenvalue weighted by molar-refractivity contribution is 5.96. The van der Waals surface area contributed by atoms with E-state index in [1.807, 2.05) is 0 Å². The normalized spacial score (nSPS) is 23.6. The first kappa shape index (κ1) is 15.3. The highest BCUT2D eigenvalue weighted by atomic mass is 16.4. The molecule has 0 bridgehead atoms. The molecule has 122 valence electrons. The number of carboxylic acid groups (broad SMARTS) is 1. The summed E-state index contributed by atoms with van der Waals surface area (Å²) < 4.78 is 0. The van der Waals surface area contributed by atoms with E-state index in [-0.39, 0.29) is 18.4 Å². The molecule has 0 unspecified atom stereocenters. The van der Waals surface area contributed by atoms with Gasteiger partial charge in [0.2, 0.25) is 0 Å². The maximum atomic E-state index is 12.6. The maximum absolute atomic E-state index is 12.6. The van der Waals surface area contributed by atoms with Gasteiger partial charge in [0, 0.05) is 24.3 Å². The van der Waals surface area contributed by atoms with Crippen molar-refractivity contribution >= 4 is 23.6 Å². The Morgan fingerprint density at radius 2 is 1.78 bits per heavy atom. The SMILES string of the molecule is NC(=O)Nc1ccc(C(=O)N2C[C@H](C(=O)O)[C@@H](C3CC3)C2)cc1. The molecule has 1 aliphatic carbocycles. The molecule has 2 atom stereocenters. The van der Waals surface area contributed by atoms with E-state index in [0.29, 0.717) is 23.7 Å². The number of rotatable bonds is 4. The second-order valence-corrected chi connectivity index (χ2v) is 6.22. The van der Waals surface area contributed by atoms with Crippen molar-refractivity contribution in [1.82, 2.24) is 4.90 Å². The smallest absolute Gasteiger partial charge is 0.316 e. The zero-order valence-corrected chi connectivity index (χ0v) is 12.6. The van der Waals surface area contributed by atoms with Crippen LogP contribution in [0.4, 0.5) is 10.5 Å². The molecule has 0 radical (unpaired) electrons. The number of nitrogens with two attached hydrogens (primary N) is 1. The lowest BCUT2D eigenvalue weighted by atomic mass is 9.92. The van der Waals surface area contributed by atoms with E-state index < -0.39 is 17.9 Å². The molecular formula is C16H19N3O4. The lowest BCUT2D eigenvalue weighted by molar-refractivity contribution is -0.142. The molecule has 3 amide bonds. The van der Waals surface area contributed by atoms with Gasteiger partial charge in [-0.25, -0.2) is 4.79 Å². The first-order valence-electron chi connectivity index (χ1n) is 7.64. The molecule has 23 heavy (non-hydrogen) atoms. The van der Waals surface area contributed by atoms with E-state index in [1.165, 1.54) is 0 Å². The van der Waals surface area contributed by atoms with Crippen LogP contribution in [0.3, 0.4) is 0 Å². The lowest BCUT2D eigenvalue weighted by Crippen LogP contribution is -2.30. The van der Waals surface area contributed by atoms with E-state index in [0.717, 1.165) is 12.8 Å². The summed E-state index contributed by atoms with van der Waals surface area (Å²) in [6, 6.07) is 5.74. The molecule has 2 fully saturated rings. The van der Waals surface area contributed by atoms with Gasteiger partial charge in [0.25, 0.3) is 5.91 Å². The number of benzene rings is 1. The van der Waals surface area contributed by atoms with Gasteiger partial charge in [0.15, 0.2) is 0 Å². The minimum absolute atomic E-state index is 0.0623. The number of carbonyl (C=O) groups is 3. The van der Waals surface area contributed by atoms with Gasteiger partial charge in [-0.05, 0) is 48.9 Å². The predicted molar refractivity (Wildman–Crippen MR) is 82.9 cm³/mol. The molecule has 7 heteroatoms. The summed E-state index contributed by atoms with van der Waals surface area (Å²) in [6.45, 7) is 0.762. The number of carbonyl (C=O) groups excluding carboxylic acids is 2. The van der Waals surface area contributed by atoms with Crippen molar-refractivity contribution in [3.05, 3.63) is 29.8 Å². The molecule has 2 aliphatic rings. The number of urea groups is 1. The fraction of sp³-hybridized carbons (Fsp3) is 0.438. The number of likely N-dealkylation sites (tertiary alicyclic amines) is 1. The topological polar surface area (TPSA) is 113 Å². The van der Waals surface area contributed by atoms with Gasteiger partial charge in [-0.1, -0.05) is 0 Å². The Morgan fingerprint density at radius 1 is 1.13 bits per heavy atom. The standard InChI is InChI=1S/C16H19N3O4/c17-16(23)18-11-5-3-10(4-6-11)14(20)19-7-12(9-1-2-9)13(8-19)15(21)22/h3-6,9,12-13H,1-2,7-8H2,(H,21,22)(H3,17,18,23)/t12-,13+/m1/s1. The third-order valence-corrected chi connectivity index (χ3v) is 4.60. The van der Waals surface area contributed by atoms with Crippen molar-refractivity contribution in [3.63, 3.8) is 0 Å². The Labute approximate surface area is 133 Å². The van der Waals surface area contributed by atoms with E-state index >= 15 is 0 Å². The molecule has 1 saturated carbocycles. The van der Waals surface area contributed by atoms with Gasteiger partial charge in [-0.15, -0.1) is 0 Å². The van der Waals surface area contributed by atoms with Crippen LogP contribution >= 0.6 is 0 Å². The summed E-state index contributed by atoms with van der Waals surface area (Å²) in [5.74, 6) is -0.964. The highest BCUT2D eigenvalue weighted by Gasteiger charge is 2.46. The number of hydrogen-bond donors (Lipinski definition) is 3. The summed E-state index contributed by atoms with van der Waals surface area (Å²) in [5, 5.41) is 11.8. The van der Waals surface area contributed by atoms with Crippen molar-refractivity contribution in [2.75, 3.05) is 18.4 Å². The van der Waals surface area contributed by atoms with Gasteiger partial charge in [-0.2, -0.15) is 0 Å². The molecule has 4 N–H and O–H groups in total. The molecule has 1 aromatic rings. The predicted octanol–water partition coefficient (Wildman–Crippen LogP) is 1.36. The van der Waals surface area contributed by atoms with Crippen LogP contribution in [0.2, 0.25) is 0 Å². The van der Waals surface area contributed by atoms with Gasteiger partial charge in [-0.3, -0.25) is 9.59 Å². The van der Waals surface area contributed by atoms with Crippen LogP contribution in [0, 0.1) is 17.8 Å². The van der Waals surface area contributed by atoms with E-state index in [1.54, 1.807) is 29.2 Å². The highest BCUT2D eigenvalue weighted by Crippen LogP contribution is 2.44. The number of aliphatic carboxylic acids is 1. The van der Waals surface area contributed by atoms with Crippen LogP contribution in [-0.4, -0.2) is 41.0 Å². The molecule has 7 nitrogen and oxygen atoms in total. The number of carboxylic acids is 1. The number of nitrogens with zero attached hydrogens (tertiary/aromatic N) is 1. The summed E-state index contributed by atoms with van der Waals surface area (Å²) >= 11 is 0. The Kier molecular flexibility index (Phi) is 3.94. The van der Waals surface area contributed by atoms with Gasteiger partial charge in [0.1, 0.15) is 0 Å². The van der Waals surface area contributed by atoms with Crippen molar-refractivity contribution in [1.29, 1.82) is 0 Å². The quantitative estimate of drug-likeness (QED) is 0.778. The van der Waals surface area contributed by atoms with Crippen molar-refractivity contribution in [3.8, 4) is 0 Å². The number of nitrogens with one attached hydrogen (secondary N) is 1. The number of hydrogen-bond acceptors (Lipinski definition) is 3. The molecule has 1 saturated heterocycles. The Morgan fingerprint density at radius 3 is 2.30 bits per heavy atom. The molecular weight excluding hydrogens is 298 g/mol. The fourth-order valence-electron chi connectivity index (χ4n) is 3.28. The molecule has 1 aliphatic heterocycles. The van der Waals surface area contributed by atoms with Gasteiger partial charge < -0.3 is 21.1 Å². The largest absolute Gasteiger partial charge is 0.481 e. The summed E-state index contributed by atoms with van der Waals surface area (Å²) in [7, 11) is 0. The molecule has 1 heterocycles. The Hall–Kier alpha value is -2.57. The van der Waals surface area contributed by atoms with E-state index in [9.17, 15) is 19.5 Å². The average molecular weight is 317 g/mol. The zero-order chi connectivity index (χ0) is 16.6. The molecule has 0 aromatic heterocycles. The van der Waals surface area contributed by atoms with E-state index in [2.05, 4.69) is 5.32 Å². The van der Waals surface area contributed by atoms with Gasteiger partial charge in [0.05, 0.1) is 5.92 Å². The monoisotopic (exact) mass is 317 g/mol.